The van der Waals surface area contributed by atoms with E-state index < -0.39 is 23.2 Å². The van der Waals surface area contributed by atoms with E-state index in [1.807, 2.05) is 19.9 Å². The number of pyridine rings is 1. The smallest absolute Gasteiger partial charge is 0.378 e. The molecule has 1 atom stereocenters. The molecule has 3 aliphatic heterocycles. The fourth-order valence-corrected chi connectivity index (χ4v) is 8.74. The molecule has 6 heterocycles. The van der Waals surface area contributed by atoms with Gasteiger partial charge < -0.3 is 29.4 Å². The molecular weight excluding hydrogens is 740 g/mol. The zero-order valence-corrected chi connectivity index (χ0v) is 32.7. The third-order valence-corrected chi connectivity index (χ3v) is 11.6. The van der Waals surface area contributed by atoms with Crippen molar-refractivity contribution in [3.05, 3.63) is 87.7 Å². The van der Waals surface area contributed by atoms with E-state index in [1.54, 1.807) is 22.1 Å². The highest BCUT2D eigenvalue weighted by Crippen LogP contribution is 2.45. The predicted molar refractivity (Wildman–Crippen MR) is 211 cm³/mol. The van der Waals surface area contributed by atoms with Crippen molar-refractivity contribution in [2.45, 2.75) is 65.3 Å². The summed E-state index contributed by atoms with van der Waals surface area (Å²) in [6, 6.07) is 5.95. The molecular formula is C41H46F3N9O4. The van der Waals surface area contributed by atoms with Crippen LogP contribution in [0, 0.1) is 12.3 Å². The van der Waals surface area contributed by atoms with Gasteiger partial charge in [0.15, 0.2) is 5.82 Å². The first kappa shape index (κ1) is 38.4. The van der Waals surface area contributed by atoms with Gasteiger partial charge in [-0.25, -0.2) is 9.97 Å². The van der Waals surface area contributed by atoms with Crippen LogP contribution < -0.4 is 26.0 Å². The van der Waals surface area contributed by atoms with E-state index in [-0.39, 0.29) is 52.8 Å². The third kappa shape index (κ3) is 6.98. The molecule has 2 amide bonds. The minimum Gasteiger partial charge on any atom is -0.378 e. The summed E-state index contributed by atoms with van der Waals surface area (Å²) in [6.45, 7) is 15.2. The van der Waals surface area contributed by atoms with Gasteiger partial charge in [0.05, 0.1) is 41.9 Å². The molecule has 2 fully saturated rings. The van der Waals surface area contributed by atoms with Gasteiger partial charge in [0.25, 0.3) is 11.5 Å². The molecule has 16 heteroatoms. The Morgan fingerprint density at radius 1 is 1.09 bits per heavy atom. The van der Waals surface area contributed by atoms with Crippen LogP contribution in [0.1, 0.15) is 53.6 Å². The van der Waals surface area contributed by atoms with Crippen LogP contribution in [0.15, 0.2) is 54.1 Å². The summed E-state index contributed by atoms with van der Waals surface area (Å²) >= 11 is 0. The topological polar surface area (TPSA) is 130 Å². The SMILES string of the molecule is C=CC(=O)Nc1cc(Nc2nc(-c3ccnc(N4CCn5c(cc6c5CC(C)(C)C6)C4=O)c3C)cn(C)c2=O)cc(C(F)(F)F)c1N1CCN(C2COC2)CC1C. The number of nitrogens with one attached hydrogen (secondary N) is 2. The van der Waals surface area contributed by atoms with Gasteiger partial charge in [-0.15, -0.1) is 0 Å². The van der Waals surface area contributed by atoms with Gasteiger partial charge in [-0.1, -0.05) is 20.4 Å². The summed E-state index contributed by atoms with van der Waals surface area (Å²) in [5.74, 6) is -0.610. The van der Waals surface area contributed by atoms with Gasteiger partial charge in [-0.2, -0.15) is 13.2 Å². The van der Waals surface area contributed by atoms with Crippen LogP contribution in [0.2, 0.25) is 0 Å². The maximum absolute atomic E-state index is 15.0. The quantitative estimate of drug-likeness (QED) is 0.222. The number of carbonyl (C=O) groups is 2. The molecule has 13 nitrogen and oxygen atoms in total. The number of aromatic nitrogens is 4. The number of amides is 2. The van der Waals surface area contributed by atoms with Crippen molar-refractivity contribution in [3.8, 4) is 11.3 Å². The summed E-state index contributed by atoms with van der Waals surface area (Å²) < 4.78 is 53.9. The molecule has 4 aromatic rings. The van der Waals surface area contributed by atoms with Crippen molar-refractivity contribution in [1.82, 2.24) is 24.0 Å². The molecule has 57 heavy (non-hydrogen) atoms. The number of fused-ring (bicyclic) bond motifs is 3. The average molecular weight is 786 g/mol. The molecule has 1 aliphatic carbocycles. The monoisotopic (exact) mass is 785 g/mol. The number of anilines is 5. The lowest BCUT2D eigenvalue weighted by Gasteiger charge is -2.47. The van der Waals surface area contributed by atoms with Gasteiger partial charge >= 0.3 is 6.18 Å². The Labute approximate surface area is 328 Å². The molecule has 0 saturated carbocycles. The van der Waals surface area contributed by atoms with Crippen LogP contribution >= 0.6 is 0 Å². The number of benzene rings is 1. The fourth-order valence-electron chi connectivity index (χ4n) is 8.74. The van der Waals surface area contributed by atoms with Crippen LogP contribution in [0.5, 0.6) is 0 Å². The summed E-state index contributed by atoms with van der Waals surface area (Å²) in [5.41, 5.74) is 2.87. The van der Waals surface area contributed by atoms with Crippen molar-refractivity contribution < 1.29 is 27.5 Å². The summed E-state index contributed by atoms with van der Waals surface area (Å²) in [4.78, 5) is 54.9. The van der Waals surface area contributed by atoms with Gasteiger partial charge in [-0.3, -0.25) is 24.2 Å². The molecule has 2 N–H and O–H groups in total. The molecule has 0 spiro atoms. The molecule has 300 valence electrons. The van der Waals surface area contributed by atoms with Crippen LogP contribution in [0.25, 0.3) is 11.3 Å². The number of carbonyl (C=O) groups excluding carboxylic acids is 2. The Kier molecular flexibility index (Phi) is 9.54. The van der Waals surface area contributed by atoms with E-state index in [4.69, 9.17) is 4.74 Å². The number of nitrogens with zero attached hydrogens (tertiary/aromatic N) is 7. The number of hydrogen-bond donors (Lipinski definition) is 2. The Hall–Kier alpha value is -5.48. The van der Waals surface area contributed by atoms with Crippen molar-refractivity contribution in [3.63, 3.8) is 0 Å². The van der Waals surface area contributed by atoms with E-state index in [0.717, 1.165) is 25.0 Å². The maximum atomic E-state index is 15.0. The summed E-state index contributed by atoms with van der Waals surface area (Å²) in [5, 5.41) is 5.43. The number of halogens is 3. The molecule has 1 aromatic carbocycles. The van der Waals surface area contributed by atoms with Gasteiger partial charge in [-0.05, 0) is 68.0 Å². The first-order valence-electron chi connectivity index (χ1n) is 19.1. The van der Waals surface area contributed by atoms with Crippen LogP contribution in [0.3, 0.4) is 0 Å². The fraction of sp³-hybridized carbons (Fsp3) is 0.439. The lowest BCUT2D eigenvalue weighted by atomic mass is 9.90. The average Bonchev–Trinajstić information content (AvgIpc) is 3.61. The molecule has 4 aliphatic rings. The number of ether oxygens (including phenoxy) is 1. The number of hydrogen-bond acceptors (Lipinski definition) is 9. The summed E-state index contributed by atoms with van der Waals surface area (Å²) in [7, 11) is 1.52. The minimum absolute atomic E-state index is 0.0848. The number of rotatable bonds is 8. The molecule has 3 aromatic heterocycles. The van der Waals surface area contributed by atoms with E-state index in [9.17, 15) is 14.4 Å². The Balaban J connectivity index is 1.13. The Bertz CT molecular complexity index is 2360. The molecule has 0 bridgehead atoms. The van der Waals surface area contributed by atoms with Crippen molar-refractivity contribution >= 4 is 40.5 Å². The second-order valence-corrected chi connectivity index (χ2v) is 16.3. The van der Waals surface area contributed by atoms with Crippen molar-refractivity contribution in [2.75, 3.05) is 59.8 Å². The molecule has 8 rings (SSSR count). The normalized spacial score (nSPS) is 19.6. The highest BCUT2D eigenvalue weighted by atomic mass is 19.4. The number of alkyl halides is 3. The van der Waals surface area contributed by atoms with Crippen molar-refractivity contribution in [2.24, 2.45) is 12.5 Å². The highest BCUT2D eigenvalue weighted by Gasteiger charge is 2.41. The largest absolute Gasteiger partial charge is 0.418 e. The lowest BCUT2D eigenvalue weighted by molar-refractivity contribution is -0.137. The van der Waals surface area contributed by atoms with Crippen molar-refractivity contribution in [1.29, 1.82) is 0 Å². The second kappa shape index (κ2) is 14.2. The Morgan fingerprint density at radius 3 is 2.54 bits per heavy atom. The van der Waals surface area contributed by atoms with E-state index in [2.05, 4.69) is 50.5 Å². The zero-order chi connectivity index (χ0) is 40.6. The molecule has 0 radical (unpaired) electrons. The highest BCUT2D eigenvalue weighted by molar-refractivity contribution is 6.06. The molecule has 2 saturated heterocycles. The first-order valence-corrected chi connectivity index (χ1v) is 19.1. The maximum Gasteiger partial charge on any atom is 0.418 e. The van der Waals surface area contributed by atoms with E-state index in [0.29, 0.717) is 67.7 Å². The minimum atomic E-state index is -4.83. The van der Waals surface area contributed by atoms with Crippen LogP contribution in [-0.2, 0) is 42.1 Å². The summed E-state index contributed by atoms with van der Waals surface area (Å²) in [6.07, 6.45) is 1.10. The van der Waals surface area contributed by atoms with E-state index >= 15 is 13.2 Å². The lowest BCUT2D eigenvalue weighted by Crippen LogP contribution is -2.60. The zero-order valence-electron chi connectivity index (χ0n) is 32.7. The second-order valence-electron chi connectivity index (χ2n) is 16.3. The van der Waals surface area contributed by atoms with E-state index in [1.165, 1.54) is 35.1 Å². The van der Waals surface area contributed by atoms with Gasteiger partial charge in [0.2, 0.25) is 5.91 Å². The number of aryl methyl sites for hydroxylation is 1. The predicted octanol–water partition coefficient (Wildman–Crippen LogP) is 5.53. The van der Waals surface area contributed by atoms with Crippen LogP contribution in [0.4, 0.5) is 41.9 Å². The van der Waals surface area contributed by atoms with Gasteiger partial charge in [0, 0.05) is 80.7 Å². The third-order valence-electron chi connectivity index (χ3n) is 11.6. The van der Waals surface area contributed by atoms with Gasteiger partial charge in [0.1, 0.15) is 11.5 Å². The standard InChI is InChI=1S/C41H46F3N9O4/c1-7-34(54)47-30-16-26(15-29(41(42,43)44)35(30)51-11-10-50(19-23(51)2)27-21-57-22-27)46-36-39(56)49(6)20-31(48-36)28-8-9-45-37(24(28)3)53-13-12-52-32(38(53)55)14-25-17-40(4,5)18-33(25)52/h7-9,14-16,20,23,27H,1,10-13,17-19,21-22H2,2-6H3,(H,46,48)(H,47,54). The van der Waals surface area contributed by atoms with Crippen LogP contribution in [-0.4, -0.2) is 87.3 Å². The first-order chi connectivity index (χ1) is 27.0. The Morgan fingerprint density at radius 2 is 1.86 bits per heavy atom. The number of piperazine rings is 1. The molecule has 1 unspecified atom stereocenters.